The number of carbonyl (C=O) groups is 2. The maximum absolute atomic E-state index is 12.4. The molecule has 2 aliphatic rings. The van der Waals surface area contributed by atoms with Gasteiger partial charge >= 0.3 is 0 Å². The number of aromatic nitrogens is 1. The molecular formula is C17H25N3O2. The summed E-state index contributed by atoms with van der Waals surface area (Å²) in [6.45, 7) is 3.37. The summed E-state index contributed by atoms with van der Waals surface area (Å²) in [5.41, 5.74) is 1.62. The molecule has 1 aromatic heterocycles. The van der Waals surface area contributed by atoms with Gasteiger partial charge in [-0.3, -0.25) is 9.59 Å². The lowest BCUT2D eigenvalue weighted by atomic mass is 10.1. The first kappa shape index (κ1) is 15.1. The van der Waals surface area contributed by atoms with Gasteiger partial charge in [-0.25, -0.2) is 0 Å². The van der Waals surface area contributed by atoms with Crippen LogP contribution in [0.4, 0.5) is 0 Å². The summed E-state index contributed by atoms with van der Waals surface area (Å²) in [5, 5.41) is 0. The van der Waals surface area contributed by atoms with Gasteiger partial charge in [0.25, 0.3) is 5.91 Å². The maximum atomic E-state index is 12.4. The summed E-state index contributed by atoms with van der Waals surface area (Å²) in [6, 6.07) is 2.27. The predicted molar refractivity (Wildman–Crippen MR) is 84.6 cm³/mol. The summed E-state index contributed by atoms with van der Waals surface area (Å²) in [6.07, 6.45) is 7.15. The number of amides is 2. The minimum absolute atomic E-state index is 0.0329. The quantitative estimate of drug-likeness (QED) is 0.927. The van der Waals surface area contributed by atoms with Crippen LogP contribution in [0.15, 0.2) is 12.3 Å². The topological polar surface area (TPSA) is 56.4 Å². The molecular weight excluding hydrogens is 278 g/mol. The third-order valence-corrected chi connectivity index (χ3v) is 5.07. The highest BCUT2D eigenvalue weighted by molar-refractivity contribution is 5.95. The molecule has 5 nitrogen and oxygen atoms in total. The Labute approximate surface area is 131 Å². The van der Waals surface area contributed by atoms with Crippen molar-refractivity contribution in [2.24, 2.45) is 5.92 Å². The molecule has 1 aliphatic heterocycles. The van der Waals surface area contributed by atoms with Crippen molar-refractivity contribution in [3.63, 3.8) is 0 Å². The standard InChI is InChI=1S/C17H25N3O2/c1-12-15(7-8-18-12)17(22)19(2)10-13-9-16(21)20(11-13)14-5-3-4-6-14/h7-8,13-14,18H,3-6,9-11H2,1-2H3/t13-/m1/s1. The van der Waals surface area contributed by atoms with Crippen molar-refractivity contribution in [2.45, 2.75) is 45.1 Å². The molecule has 1 aliphatic carbocycles. The molecule has 1 aromatic rings. The zero-order chi connectivity index (χ0) is 15.7. The van der Waals surface area contributed by atoms with E-state index in [-0.39, 0.29) is 17.7 Å². The monoisotopic (exact) mass is 303 g/mol. The van der Waals surface area contributed by atoms with Crippen molar-refractivity contribution in [2.75, 3.05) is 20.1 Å². The van der Waals surface area contributed by atoms with Gasteiger partial charge in [0.05, 0.1) is 5.56 Å². The molecule has 0 aromatic carbocycles. The summed E-state index contributed by atoms with van der Waals surface area (Å²) in [7, 11) is 1.83. The van der Waals surface area contributed by atoms with E-state index in [4.69, 9.17) is 0 Å². The first-order valence-electron chi connectivity index (χ1n) is 8.25. The molecule has 1 atom stereocenters. The number of H-pyrrole nitrogens is 1. The van der Waals surface area contributed by atoms with Crippen molar-refractivity contribution in [3.8, 4) is 0 Å². The number of nitrogens with one attached hydrogen (secondary N) is 1. The molecule has 120 valence electrons. The molecule has 0 radical (unpaired) electrons. The predicted octanol–water partition coefficient (Wildman–Crippen LogP) is 2.19. The van der Waals surface area contributed by atoms with Crippen LogP contribution in [-0.4, -0.2) is 52.8 Å². The van der Waals surface area contributed by atoms with E-state index in [0.29, 0.717) is 19.0 Å². The third-order valence-electron chi connectivity index (χ3n) is 5.07. The molecule has 1 saturated heterocycles. The average molecular weight is 303 g/mol. The first-order valence-corrected chi connectivity index (χ1v) is 8.25. The Balaban J connectivity index is 1.58. The molecule has 0 unspecified atom stereocenters. The normalized spacial score (nSPS) is 22.5. The average Bonchev–Trinajstić information content (AvgIpc) is 3.19. The Morgan fingerprint density at radius 3 is 2.77 bits per heavy atom. The minimum atomic E-state index is 0.0329. The minimum Gasteiger partial charge on any atom is -0.365 e. The largest absolute Gasteiger partial charge is 0.365 e. The van der Waals surface area contributed by atoms with Crippen molar-refractivity contribution in [1.29, 1.82) is 0 Å². The third kappa shape index (κ3) is 2.89. The van der Waals surface area contributed by atoms with E-state index in [1.807, 2.05) is 20.0 Å². The van der Waals surface area contributed by atoms with Gasteiger partial charge < -0.3 is 14.8 Å². The summed E-state index contributed by atoms with van der Waals surface area (Å²) in [5.74, 6) is 0.572. The van der Waals surface area contributed by atoms with Crippen molar-refractivity contribution in [3.05, 3.63) is 23.5 Å². The van der Waals surface area contributed by atoms with E-state index in [2.05, 4.69) is 9.88 Å². The van der Waals surface area contributed by atoms with Gasteiger partial charge in [-0.15, -0.1) is 0 Å². The highest BCUT2D eigenvalue weighted by Crippen LogP contribution is 2.29. The van der Waals surface area contributed by atoms with E-state index >= 15 is 0 Å². The second-order valence-corrected chi connectivity index (χ2v) is 6.76. The van der Waals surface area contributed by atoms with Crippen LogP contribution in [0.1, 0.15) is 48.2 Å². The fourth-order valence-electron chi connectivity index (χ4n) is 3.86. The van der Waals surface area contributed by atoms with Crippen LogP contribution < -0.4 is 0 Å². The fraction of sp³-hybridized carbons (Fsp3) is 0.647. The van der Waals surface area contributed by atoms with Gasteiger partial charge in [-0.2, -0.15) is 0 Å². The van der Waals surface area contributed by atoms with E-state index in [0.717, 1.165) is 30.6 Å². The molecule has 22 heavy (non-hydrogen) atoms. The number of aromatic amines is 1. The van der Waals surface area contributed by atoms with Gasteiger partial charge in [0.15, 0.2) is 0 Å². The van der Waals surface area contributed by atoms with E-state index in [1.165, 1.54) is 12.8 Å². The van der Waals surface area contributed by atoms with Crippen LogP contribution in [0.2, 0.25) is 0 Å². The zero-order valence-corrected chi connectivity index (χ0v) is 13.5. The van der Waals surface area contributed by atoms with Crippen LogP contribution in [0, 0.1) is 12.8 Å². The lowest BCUT2D eigenvalue weighted by Crippen LogP contribution is -2.36. The van der Waals surface area contributed by atoms with Gasteiger partial charge in [0.1, 0.15) is 0 Å². The van der Waals surface area contributed by atoms with Crippen LogP contribution in [0.5, 0.6) is 0 Å². The molecule has 3 rings (SSSR count). The summed E-state index contributed by atoms with van der Waals surface area (Å²) < 4.78 is 0. The molecule has 1 N–H and O–H groups in total. The number of hydrogen-bond acceptors (Lipinski definition) is 2. The Kier molecular flexibility index (Phi) is 4.23. The molecule has 2 fully saturated rings. The Bertz CT molecular complexity index is 560. The lowest BCUT2D eigenvalue weighted by Gasteiger charge is -2.25. The van der Waals surface area contributed by atoms with Crippen LogP contribution >= 0.6 is 0 Å². The Hall–Kier alpha value is -1.78. The van der Waals surface area contributed by atoms with Gasteiger partial charge in [-0.05, 0) is 25.8 Å². The molecule has 0 bridgehead atoms. The second kappa shape index (κ2) is 6.15. The van der Waals surface area contributed by atoms with E-state index in [1.54, 1.807) is 11.1 Å². The van der Waals surface area contributed by atoms with E-state index in [9.17, 15) is 9.59 Å². The second-order valence-electron chi connectivity index (χ2n) is 6.76. The highest BCUT2D eigenvalue weighted by Gasteiger charge is 2.36. The van der Waals surface area contributed by atoms with Gasteiger partial charge in [-0.1, -0.05) is 12.8 Å². The van der Waals surface area contributed by atoms with Crippen molar-refractivity contribution >= 4 is 11.8 Å². The van der Waals surface area contributed by atoms with Gasteiger partial charge in [0.2, 0.25) is 5.91 Å². The number of rotatable bonds is 4. The summed E-state index contributed by atoms with van der Waals surface area (Å²) >= 11 is 0. The smallest absolute Gasteiger partial charge is 0.255 e. The Morgan fingerprint density at radius 1 is 1.41 bits per heavy atom. The maximum Gasteiger partial charge on any atom is 0.255 e. The SMILES string of the molecule is Cc1[nH]ccc1C(=O)N(C)C[C@H]1CC(=O)N(C2CCCC2)C1. The molecule has 2 amide bonds. The molecule has 5 heteroatoms. The fourth-order valence-corrected chi connectivity index (χ4v) is 3.86. The number of nitrogens with zero attached hydrogens (tertiary/aromatic N) is 2. The number of carbonyl (C=O) groups excluding carboxylic acids is 2. The molecule has 2 heterocycles. The van der Waals surface area contributed by atoms with Gasteiger partial charge in [0, 0.05) is 50.4 Å². The highest BCUT2D eigenvalue weighted by atomic mass is 16.2. The lowest BCUT2D eigenvalue weighted by molar-refractivity contribution is -0.129. The van der Waals surface area contributed by atoms with Crippen LogP contribution in [-0.2, 0) is 4.79 Å². The Morgan fingerprint density at radius 2 is 2.14 bits per heavy atom. The molecule has 0 spiro atoms. The van der Waals surface area contributed by atoms with Crippen LogP contribution in [0.25, 0.3) is 0 Å². The van der Waals surface area contributed by atoms with Crippen molar-refractivity contribution in [1.82, 2.24) is 14.8 Å². The number of hydrogen-bond donors (Lipinski definition) is 1. The van der Waals surface area contributed by atoms with E-state index < -0.39 is 0 Å². The zero-order valence-electron chi connectivity index (χ0n) is 13.5. The number of aryl methyl sites for hydroxylation is 1. The van der Waals surface area contributed by atoms with Crippen molar-refractivity contribution < 1.29 is 9.59 Å². The molecule has 1 saturated carbocycles. The number of likely N-dealkylation sites (tertiary alicyclic amines) is 1. The summed E-state index contributed by atoms with van der Waals surface area (Å²) in [4.78, 5) is 31.5. The first-order chi connectivity index (χ1) is 10.6. The van der Waals surface area contributed by atoms with Crippen LogP contribution in [0.3, 0.4) is 0 Å².